The molecule has 0 radical (unpaired) electrons. The maximum atomic E-state index is 13.4. The Labute approximate surface area is 116 Å². The van der Waals surface area contributed by atoms with Crippen LogP contribution in [0.1, 0.15) is 11.1 Å². The first-order valence-corrected chi connectivity index (χ1v) is 5.89. The van der Waals surface area contributed by atoms with E-state index in [2.05, 4.69) is 0 Å². The van der Waals surface area contributed by atoms with E-state index in [9.17, 15) is 4.39 Å². The van der Waals surface area contributed by atoms with E-state index in [1.807, 2.05) is 0 Å². The Balaban J connectivity index is 2.22. The van der Waals surface area contributed by atoms with E-state index in [0.29, 0.717) is 11.4 Å². The van der Waals surface area contributed by atoms with E-state index in [0.717, 1.165) is 5.56 Å². The van der Waals surface area contributed by atoms with Crippen LogP contribution < -0.4 is 15.2 Å². The molecule has 2 aromatic rings. The van der Waals surface area contributed by atoms with Gasteiger partial charge in [0.05, 0.1) is 7.11 Å². The summed E-state index contributed by atoms with van der Waals surface area (Å²) in [6.07, 6.45) is 0. The van der Waals surface area contributed by atoms with Crippen LogP contribution in [0.5, 0.6) is 11.5 Å². The SMILES string of the molecule is COc1cc(N)ccc1COc1cccc(F)c1C#N. The number of rotatable bonds is 4. The van der Waals surface area contributed by atoms with Crippen LogP contribution in [-0.4, -0.2) is 7.11 Å². The van der Waals surface area contributed by atoms with Crippen molar-refractivity contribution in [1.29, 1.82) is 5.26 Å². The van der Waals surface area contributed by atoms with Crippen molar-refractivity contribution >= 4 is 5.69 Å². The van der Waals surface area contributed by atoms with Gasteiger partial charge in [-0.1, -0.05) is 6.07 Å². The monoisotopic (exact) mass is 272 g/mol. The largest absolute Gasteiger partial charge is 0.496 e. The third kappa shape index (κ3) is 2.81. The molecule has 0 atom stereocenters. The second-order valence-electron chi connectivity index (χ2n) is 4.08. The van der Waals surface area contributed by atoms with Gasteiger partial charge in [0.1, 0.15) is 35.6 Å². The lowest BCUT2D eigenvalue weighted by molar-refractivity contribution is 0.294. The number of nitrogen functional groups attached to an aromatic ring is 1. The Kier molecular flexibility index (Phi) is 4.06. The molecular formula is C15H13FN2O2. The molecule has 5 heteroatoms. The summed E-state index contributed by atoms with van der Waals surface area (Å²) < 4.78 is 24.1. The number of nitrogens with zero attached hydrogens (tertiary/aromatic N) is 1. The molecule has 0 aliphatic rings. The van der Waals surface area contributed by atoms with Gasteiger partial charge in [0.2, 0.25) is 0 Å². The van der Waals surface area contributed by atoms with Gasteiger partial charge in [0.15, 0.2) is 0 Å². The fourth-order valence-electron chi connectivity index (χ4n) is 1.77. The summed E-state index contributed by atoms with van der Waals surface area (Å²) in [7, 11) is 1.53. The Morgan fingerprint density at radius 3 is 2.75 bits per heavy atom. The highest BCUT2D eigenvalue weighted by Gasteiger charge is 2.10. The minimum absolute atomic E-state index is 0.109. The summed E-state index contributed by atoms with van der Waals surface area (Å²) in [4.78, 5) is 0. The van der Waals surface area contributed by atoms with Crippen molar-refractivity contribution in [2.24, 2.45) is 0 Å². The highest BCUT2D eigenvalue weighted by molar-refractivity contribution is 5.49. The van der Waals surface area contributed by atoms with E-state index in [1.165, 1.54) is 19.2 Å². The van der Waals surface area contributed by atoms with Gasteiger partial charge in [-0.05, 0) is 24.3 Å². The summed E-state index contributed by atoms with van der Waals surface area (Å²) in [5, 5.41) is 8.92. The van der Waals surface area contributed by atoms with Gasteiger partial charge in [-0.3, -0.25) is 0 Å². The number of benzene rings is 2. The van der Waals surface area contributed by atoms with Gasteiger partial charge < -0.3 is 15.2 Å². The van der Waals surface area contributed by atoms with E-state index in [-0.39, 0.29) is 17.9 Å². The number of methoxy groups -OCH3 is 1. The minimum atomic E-state index is -0.603. The van der Waals surface area contributed by atoms with Gasteiger partial charge in [-0.25, -0.2) is 4.39 Å². The van der Waals surface area contributed by atoms with Crippen LogP contribution in [0.15, 0.2) is 36.4 Å². The van der Waals surface area contributed by atoms with Crippen LogP contribution in [-0.2, 0) is 6.61 Å². The molecule has 0 saturated heterocycles. The van der Waals surface area contributed by atoms with Crippen molar-refractivity contribution in [3.63, 3.8) is 0 Å². The standard InChI is InChI=1S/C15H13FN2O2/c1-19-15-7-11(18)6-5-10(15)9-20-14-4-2-3-13(16)12(14)8-17/h2-7H,9,18H2,1H3. The molecule has 0 heterocycles. The van der Waals surface area contributed by atoms with Crippen molar-refractivity contribution in [3.8, 4) is 17.6 Å². The number of hydrogen-bond acceptors (Lipinski definition) is 4. The zero-order valence-electron chi connectivity index (χ0n) is 10.9. The zero-order chi connectivity index (χ0) is 14.5. The van der Waals surface area contributed by atoms with Crippen molar-refractivity contribution in [1.82, 2.24) is 0 Å². The molecule has 0 saturated carbocycles. The summed E-state index contributed by atoms with van der Waals surface area (Å²) >= 11 is 0. The Hall–Kier alpha value is -2.74. The van der Waals surface area contributed by atoms with E-state index >= 15 is 0 Å². The lowest BCUT2D eigenvalue weighted by atomic mass is 10.2. The highest BCUT2D eigenvalue weighted by Crippen LogP contribution is 2.25. The minimum Gasteiger partial charge on any atom is -0.496 e. The summed E-state index contributed by atoms with van der Waals surface area (Å²) in [5.74, 6) is 0.181. The van der Waals surface area contributed by atoms with Crippen LogP contribution in [0.2, 0.25) is 0 Å². The quantitative estimate of drug-likeness (QED) is 0.869. The fraction of sp³-hybridized carbons (Fsp3) is 0.133. The molecule has 2 rings (SSSR count). The zero-order valence-corrected chi connectivity index (χ0v) is 10.9. The van der Waals surface area contributed by atoms with Crippen LogP contribution in [0.4, 0.5) is 10.1 Å². The lowest BCUT2D eigenvalue weighted by Crippen LogP contribution is -2.01. The fourth-order valence-corrected chi connectivity index (χ4v) is 1.77. The van der Waals surface area contributed by atoms with Gasteiger partial charge in [-0.15, -0.1) is 0 Å². The first kappa shape index (κ1) is 13.7. The maximum absolute atomic E-state index is 13.4. The molecular weight excluding hydrogens is 259 g/mol. The van der Waals surface area contributed by atoms with Crippen molar-refractivity contribution < 1.29 is 13.9 Å². The van der Waals surface area contributed by atoms with E-state index < -0.39 is 5.82 Å². The highest BCUT2D eigenvalue weighted by atomic mass is 19.1. The molecule has 20 heavy (non-hydrogen) atoms. The topological polar surface area (TPSA) is 68.3 Å². The van der Waals surface area contributed by atoms with Gasteiger partial charge in [0, 0.05) is 17.3 Å². The second kappa shape index (κ2) is 5.93. The maximum Gasteiger partial charge on any atom is 0.144 e. The smallest absolute Gasteiger partial charge is 0.144 e. The van der Waals surface area contributed by atoms with Crippen molar-refractivity contribution in [2.45, 2.75) is 6.61 Å². The number of anilines is 1. The first-order chi connectivity index (χ1) is 9.65. The predicted molar refractivity (Wildman–Crippen MR) is 72.9 cm³/mol. The molecule has 0 aliphatic carbocycles. The van der Waals surface area contributed by atoms with Crippen molar-refractivity contribution in [3.05, 3.63) is 53.3 Å². The van der Waals surface area contributed by atoms with Gasteiger partial charge in [-0.2, -0.15) is 5.26 Å². The number of nitriles is 1. The van der Waals surface area contributed by atoms with E-state index in [4.69, 9.17) is 20.5 Å². The predicted octanol–water partition coefficient (Wildman–Crippen LogP) is 2.87. The molecule has 0 unspecified atom stereocenters. The number of halogens is 1. The lowest BCUT2D eigenvalue weighted by Gasteiger charge is -2.12. The summed E-state index contributed by atoms with van der Waals surface area (Å²) in [6.45, 7) is 0.154. The normalized spacial score (nSPS) is 9.85. The van der Waals surface area contributed by atoms with Crippen molar-refractivity contribution in [2.75, 3.05) is 12.8 Å². The van der Waals surface area contributed by atoms with Crippen LogP contribution >= 0.6 is 0 Å². The average molecular weight is 272 g/mol. The Morgan fingerprint density at radius 2 is 2.05 bits per heavy atom. The molecule has 0 amide bonds. The van der Waals surface area contributed by atoms with Crippen LogP contribution in [0.25, 0.3) is 0 Å². The van der Waals surface area contributed by atoms with E-state index in [1.54, 1.807) is 30.3 Å². The summed E-state index contributed by atoms with van der Waals surface area (Å²) in [6, 6.07) is 11.2. The number of ether oxygens (including phenoxy) is 2. The Morgan fingerprint density at radius 1 is 1.25 bits per heavy atom. The molecule has 4 nitrogen and oxygen atoms in total. The third-order valence-electron chi connectivity index (χ3n) is 2.78. The number of nitrogens with two attached hydrogens (primary N) is 1. The van der Waals surface area contributed by atoms with Crippen LogP contribution in [0.3, 0.4) is 0 Å². The van der Waals surface area contributed by atoms with Crippen LogP contribution in [0, 0.1) is 17.1 Å². The molecule has 2 aromatic carbocycles. The molecule has 0 aliphatic heterocycles. The molecule has 2 N–H and O–H groups in total. The molecule has 0 aromatic heterocycles. The Bertz CT molecular complexity index is 665. The molecule has 102 valence electrons. The van der Waals surface area contributed by atoms with Gasteiger partial charge >= 0.3 is 0 Å². The molecule has 0 spiro atoms. The average Bonchev–Trinajstić information content (AvgIpc) is 2.45. The molecule has 0 fully saturated rings. The third-order valence-corrected chi connectivity index (χ3v) is 2.78. The van der Waals surface area contributed by atoms with Gasteiger partial charge in [0.25, 0.3) is 0 Å². The molecule has 0 bridgehead atoms. The summed E-state index contributed by atoms with van der Waals surface area (Å²) in [5.41, 5.74) is 6.89. The second-order valence-corrected chi connectivity index (χ2v) is 4.08. The number of hydrogen-bond donors (Lipinski definition) is 1. The first-order valence-electron chi connectivity index (χ1n) is 5.89.